The van der Waals surface area contributed by atoms with Crippen LogP contribution in [0.25, 0.3) is 0 Å². The van der Waals surface area contributed by atoms with Crippen molar-refractivity contribution in [1.29, 1.82) is 0 Å². The van der Waals surface area contributed by atoms with Gasteiger partial charge in [-0.15, -0.1) is 0 Å². The molecule has 0 spiro atoms. The maximum atomic E-state index is 6.34. The highest BCUT2D eigenvalue weighted by molar-refractivity contribution is 6.33. The van der Waals surface area contributed by atoms with Gasteiger partial charge < -0.3 is 10.2 Å². The maximum Gasteiger partial charge on any atom is 0.0642 e. The number of para-hydroxylation sites is 1. The molecule has 2 nitrogen and oxygen atoms in total. The number of nitrogens with one attached hydrogen (secondary N) is 1. The van der Waals surface area contributed by atoms with Crippen molar-refractivity contribution in [1.82, 2.24) is 5.32 Å². The molecular weight excluding hydrogens is 244 g/mol. The minimum absolute atomic E-state index is 0.779. The highest BCUT2D eigenvalue weighted by Gasteiger charge is 2.27. The first kappa shape index (κ1) is 12.3. The van der Waals surface area contributed by atoms with Gasteiger partial charge in [0.05, 0.1) is 10.7 Å². The van der Waals surface area contributed by atoms with E-state index in [1.54, 1.807) is 0 Å². The lowest BCUT2D eigenvalue weighted by Crippen LogP contribution is -2.28. The normalized spacial score (nSPS) is 23.7. The van der Waals surface area contributed by atoms with Crippen LogP contribution in [0, 0.1) is 12.8 Å². The Morgan fingerprint density at radius 2 is 2.17 bits per heavy atom. The summed E-state index contributed by atoms with van der Waals surface area (Å²) in [7, 11) is 0. The van der Waals surface area contributed by atoms with Gasteiger partial charge in [0.15, 0.2) is 0 Å². The van der Waals surface area contributed by atoms with Crippen molar-refractivity contribution in [3.05, 3.63) is 28.8 Å². The van der Waals surface area contributed by atoms with Crippen molar-refractivity contribution in [2.75, 3.05) is 24.5 Å². The van der Waals surface area contributed by atoms with E-state index < -0.39 is 0 Å². The molecular formula is C15H21ClN2. The maximum absolute atomic E-state index is 6.34. The van der Waals surface area contributed by atoms with Crippen LogP contribution in [0.15, 0.2) is 18.2 Å². The number of benzene rings is 1. The fourth-order valence-corrected chi connectivity index (χ4v) is 3.19. The Bertz CT molecular complexity index is 408. The second-order valence-corrected chi connectivity index (χ2v) is 6.10. The molecule has 3 rings (SSSR count). The monoisotopic (exact) mass is 264 g/mol. The van der Waals surface area contributed by atoms with Gasteiger partial charge >= 0.3 is 0 Å². The molecule has 0 amide bonds. The van der Waals surface area contributed by atoms with Crippen LogP contribution in [0.2, 0.25) is 5.02 Å². The van der Waals surface area contributed by atoms with Gasteiger partial charge in [0.25, 0.3) is 0 Å². The first-order valence-electron chi connectivity index (χ1n) is 6.97. The van der Waals surface area contributed by atoms with Gasteiger partial charge in [0.1, 0.15) is 0 Å². The van der Waals surface area contributed by atoms with Crippen LogP contribution >= 0.6 is 11.6 Å². The third-order valence-electron chi connectivity index (χ3n) is 4.06. The molecule has 0 aromatic heterocycles. The summed E-state index contributed by atoms with van der Waals surface area (Å²) in [5.74, 6) is 0.779. The zero-order valence-corrected chi connectivity index (χ0v) is 11.7. The lowest BCUT2D eigenvalue weighted by Gasteiger charge is -2.22. The molecule has 18 heavy (non-hydrogen) atoms. The van der Waals surface area contributed by atoms with E-state index in [0.717, 1.165) is 30.1 Å². The highest BCUT2D eigenvalue weighted by atomic mass is 35.5. The van der Waals surface area contributed by atoms with Crippen molar-refractivity contribution in [2.45, 2.75) is 32.2 Å². The molecule has 1 N–H and O–H groups in total. The van der Waals surface area contributed by atoms with Gasteiger partial charge in [0, 0.05) is 19.1 Å². The van der Waals surface area contributed by atoms with Gasteiger partial charge in [-0.1, -0.05) is 23.7 Å². The molecule has 1 heterocycles. The van der Waals surface area contributed by atoms with E-state index >= 15 is 0 Å². The average Bonchev–Trinajstić information content (AvgIpc) is 3.06. The van der Waals surface area contributed by atoms with Crippen LogP contribution < -0.4 is 10.2 Å². The second kappa shape index (κ2) is 5.10. The van der Waals surface area contributed by atoms with Crippen molar-refractivity contribution in [3.8, 4) is 0 Å². The molecule has 1 aromatic rings. The van der Waals surface area contributed by atoms with Crippen LogP contribution in [-0.4, -0.2) is 25.7 Å². The zero-order chi connectivity index (χ0) is 12.5. The third-order valence-corrected chi connectivity index (χ3v) is 4.37. The van der Waals surface area contributed by atoms with Crippen molar-refractivity contribution < 1.29 is 0 Å². The average molecular weight is 265 g/mol. The van der Waals surface area contributed by atoms with E-state index in [9.17, 15) is 0 Å². The summed E-state index contributed by atoms with van der Waals surface area (Å²) in [4.78, 5) is 2.46. The topological polar surface area (TPSA) is 15.3 Å². The standard InChI is InChI=1S/C15H21ClN2/c1-11-3-2-4-14(16)15(11)18-8-7-12(10-18)9-17-13-5-6-13/h2-4,12-13,17H,5-10H2,1H3. The predicted molar refractivity (Wildman–Crippen MR) is 77.5 cm³/mol. The van der Waals surface area contributed by atoms with Crippen molar-refractivity contribution >= 4 is 17.3 Å². The fourth-order valence-electron chi connectivity index (χ4n) is 2.85. The molecule has 1 atom stereocenters. The Morgan fingerprint density at radius 3 is 2.89 bits per heavy atom. The van der Waals surface area contributed by atoms with E-state index in [1.165, 1.54) is 37.1 Å². The quantitative estimate of drug-likeness (QED) is 0.898. The third kappa shape index (κ3) is 2.65. The summed E-state index contributed by atoms with van der Waals surface area (Å²) >= 11 is 6.34. The molecule has 1 aromatic carbocycles. The van der Waals surface area contributed by atoms with Crippen molar-refractivity contribution in [3.63, 3.8) is 0 Å². The zero-order valence-electron chi connectivity index (χ0n) is 11.0. The van der Waals surface area contributed by atoms with Crippen LogP contribution in [0.3, 0.4) is 0 Å². The first-order chi connectivity index (χ1) is 8.74. The van der Waals surface area contributed by atoms with Gasteiger partial charge in [-0.2, -0.15) is 0 Å². The Balaban J connectivity index is 1.63. The number of nitrogens with zero attached hydrogens (tertiary/aromatic N) is 1. The van der Waals surface area contributed by atoms with Gasteiger partial charge in [-0.05, 0) is 50.3 Å². The molecule has 1 aliphatic carbocycles. The number of anilines is 1. The summed E-state index contributed by atoms with van der Waals surface area (Å²) < 4.78 is 0. The molecule has 1 saturated carbocycles. The van der Waals surface area contributed by atoms with E-state index in [-0.39, 0.29) is 0 Å². The number of aryl methyl sites for hydroxylation is 1. The lowest BCUT2D eigenvalue weighted by atomic mass is 10.1. The Labute approximate surface area is 114 Å². The Morgan fingerprint density at radius 1 is 1.33 bits per heavy atom. The first-order valence-corrected chi connectivity index (χ1v) is 7.35. The second-order valence-electron chi connectivity index (χ2n) is 5.69. The van der Waals surface area contributed by atoms with Gasteiger partial charge in [-0.25, -0.2) is 0 Å². The predicted octanol–water partition coefficient (Wildman–Crippen LogP) is 3.23. The van der Waals surface area contributed by atoms with Crippen LogP contribution in [-0.2, 0) is 0 Å². The molecule has 2 fully saturated rings. The van der Waals surface area contributed by atoms with Gasteiger partial charge in [0.2, 0.25) is 0 Å². The molecule has 98 valence electrons. The minimum Gasteiger partial charge on any atom is -0.370 e. The highest BCUT2D eigenvalue weighted by Crippen LogP contribution is 2.33. The smallest absolute Gasteiger partial charge is 0.0642 e. The Kier molecular flexibility index (Phi) is 3.49. The van der Waals surface area contributed by atoms with E-state index in [0.29, 0.717) is 0 Å². The van der Waals surface area contributed by atoms with Crippen LogP contribution in [0.5, 0.6) is 0 Å². The van der Waals surface area contributed by atoms with E-state index in [4.69, 9.17) is 11.6 Å². The molecule has 0 radical (unpaired) electrons. The lowest BCUT2D eigenvalue weighted by molar-refractivity contribution is 0.515. The largest absolute Gasteiger partial charge is 0.370 e. The molecule has 1 aliphatic heterocycles. The number of halogens is 1. The minimum atomic E-state index is 0.779. The summed E-state index contributed by atoms with van der Waals surface area (Å²) in [6.07, 6.45) is 4.03. The molecule has 0 bridgehead atoms. The molecule has 1 saturated heterocycles. The molecule has 2 aliphatic rings. The number of hydrogen-bond donors (Lipinski definition) is 1. The van der Waals surface area contributed by atoms with E-state index in [2.05, 4.69) is 23.2 Å². The fraction of sp³-hybridized carbons (Fsp3) is 0.600. The molecule has 1 unspecified atom stereocenters. The summed E-state index contributed by atoms with van der Waals surface area (Å²) in [5, 5.41) is 4.53. The summed E-state index contributed by atoms with van der Waals surface area (Å²) in [6, 6.07) is 7.00. The number of hydrogen-bond acceptors (Lipinski definition) is 2. The SMILES string of the molecule is Cc1cccc(Cl)c1N1CCC(CNC2CC2)C1. The molecule has 3 heteroatoms. The van der Waals surface area contributed by atoms with Crippen LogP contribution in [0.1, 0.15) is 24.8 Å². The summed E-state index contributed by atoms with van der Waals surface area (Å²) in [6.45, 7) is 5.60. The van der Waals surface area contributed by atoms with Gasteiger partial charge in [-0.3, -0.25) is 0 Å². The van der Waals surface area contributed by atoms with Crippen molar-refractivity contribution in [2.24, 2.45) is 5.92 Å². The Hall–Kier alpha value is -0.730. The summed E-state index contributed by atoms with van der Waals surface area (Å²) in [5.41, 5.74) is 2.53. The van der Waals surface area contributed by atoms with Crippen LogP contribution in [0.4, 0.5) is 5.69 Å². The number of rotatable bonds is 4. The van der Waals surface area contributed by atoms with E-state index in [1.807, 2.05) is 12.1 Å².